The third kappa shape index (κ3) is 7.47. The second-order valence-electron chi connectivity index (χ2n) is 5.50. The van der Waals surface area contributed by atoms with Crippen LogP contribution in [0.3, 0.4) is 0 Å². The van der Waals surface area contributed by atoms with Crippen molar-refractivity contribution in [3.05, 3.63) is 29.8 Å². The standard InChI is InChI=1S/C15H23NO3/c1-12-7-9-13(10-8-12)18-11-5-6-14(17)16-19-15(2,3)4/h7-10H,5-6,11H2,1-4H3,(H,16,17). The van der Waals surface area contributed by atoms with Crippen LogP contribution in [-0.4, -0.2) is 18.1 Å². The number of benzene rings is 1. The molecule has 1 rings (SSSR count). The monoisotopic (exact) mass is 265 g/mol. The molecule has 0 fully saturated rings. The number of hydrogen-bond donors (Lipinski definition) is 1. The molecule has 1 amide bonds. The molecular formula is C15H23NO3. The fourth-order valence-electron chi connectivity index (χ4n) is 1.32. The lowest BCUT2D eigenvalue weighted by molar-refractivity contribution is -0.145. The predicted molar refractivity (Wildman–Crippen MR) is 74.9 cm³/mol. The van der Waals surface area contributed by atoms with E-state index in [2.05, 4.69) is 5.48 Å². The minimum Gasteiger partial charge on any atom is -0.494 e. The molecule has 0 aliphatic rings. The van der Waals surface area contributed by atoms with Gasteiger partial charge in [-0.25, -0.2) is 5.48 Å². The Bertz CT molecular complexity index is 393. The second kappa shape index (κ2) is 7.14. The van der Waals surface area contributed by atoms with Crippen LogP contribution in [0.2, 0.25) is 0 Å². The molecule has 1 aromatic carbocycles. The van der Waals surface area contributed by atoms with Gasteiger partial charge in [0.15, 0.2) is 0 Å². The average molecular weight is 265 g/mol. The van der Waals surface area contributed by atoms with Gasteiger partial charge in [0.2, 0.25) is 5.91 Å². The van der Waals surface area contributed by atoms with Crippen molar-refractivity contribution in [3.63, 3.8) is 0 Å². The topological polar surface area (TPSA) is 47.6 Å². The number of nitrogens with one attached hydrogen (secondary N) is 1. The Morgan fingerprint density at radius 1 is 1.21 bits per heavy atom. The van der Waals surface area contributed by atoms with Crippen molar-refractivity contribution in [2.75, 3.05) is 6.61 Å². The molecule has 0 bridgehead atoms. The molecule has 0 aliphatic carbocycles. The van der Waals surface area contributed by atoms with Gasteiger partial charge in [-0.1, -0.05) is 17.7 Å². The normalized spacial score (nSPS) is 11.2. The fourth-order valence-corrected chi connectivity index (χ4v) is 1.32. The van der Waals surface area contributed by atoms with Gasteiger partial charge >= 0.3 is 0 Å². The van der Waals surface area contributed by atoms with Crippen LogP contribution < -0.4 is 10.2 Å². The Balaban J connectivity index is 2.13. The molecule has 0 atom stereocenters. The van der Waals surface area contributed by atoms with Crippen LogP contribution in [0.25, 0.3) is 0 Å². The Kier molecular flexibility index (Phi) is 5.83. The quantitative estimate of drug-likeness (QED) is 0.635. The molecule has 0 radical (unpaired) electrons. The summed E-state index contributed by atoms with van der Waals surface area (Å²) in [5.74, 6) is 0.708. The molecule has 19 heavy (non-hydrogen) atoms. The molecule has 1 N–H and O–H groups in total. The van der Waals surface area contributed by atoms with E-state index in [9.17, 15) is 4.79 Å². The van der Waals surface area contributed by atoms with Crippen molar-refractivity contribution in [2.24, 2.45) is 0 Å². The highest BCUT2D eigenvalue weighted by Gasteiger charge is 2.12. The molecule has 1 aromatic rings. The van der Waals surface area contributed by atoms with Gasteiger partial charge in [0.25, 0.3) is 0 Å². The van der Waals surface area contributed by atoms with E-state index in [4.69, 9.17) is 9.57 Å². The predicted octanol–water partition coefficient (Wildman–Crippen LogP) is 3.00. The Morgan fingerprint density at radius 2 is 1.84 bits per heavy atom. The zero-order valence-corrected chi connectivity index (χ0v) is 12.2. The van der Waals surface area contributed by atoms with Crippen molar-refractivity contribution in [1.82, 2.24) is 5.48 Å². The van der Waals surface area contributed by atoms with Gasteiger partial charge in [-0.3, -0.25) is 9.63 Å². The van der Waals surface area contributed by atoms with Gasteiger partial charge in [-0.15, -0.1) is 0 Å². The number of carbonyl (C=O) groups excluding carboxylic acids is 1. The van der Waals surface area contributed by atoms with Crippen LogP contribution >= 0.6 is 0 Å². The summed E-state index contributed by atoms with van der Waals surface area (Å²) in [5.41, 5.74) is 3.27. The maximum absolute atomic E-state index is 11.5. The third-order valence-electron chi connectivity index (χ3n) is 2.31. The highest BCUT2D eigenvalue weighted by atomic mass is 16.7. The van der Waals surface area contributed by atoms with Crippen molar-refractivity contribution in [2.45, 2.75) is 46.1 Å². The summed E-state index contributed by atoms with van der Waals surface area (Å²) in [5, 5.41) is 0. The van der Waals surface area contributed by atoms with E-state index >= 15 is 0 Å². The Morgan fingerprint density at radius 3 is 2.42 bits per heavy atom. The minimum atomic E-state index is -0.367. The molecule has 106 valence electrons. The summed E-state index contributed by atoms with van der Waals surface area (Å²) in [4.78, 5) is 16.6. The molecule has 0 saturated carbocycles. The first kappa shape index (κ1) is 15.5. The molecule has 0 unspecified atom stereocenters. The summed E-state index contributed by atoms with van der Waals surface area (Å²) in [6, 6.07) is 7.86. The van der Waals surface area contributed by atoms with Gasteiger partial charge in [0, 0.05) is 6.42 Å². The molecular weight excluding hydrogens is 242 g/mol. The van der Waals surface area contributed by atoms with Crippen LogP contribution in [0.15, 0.2) is 24.3 Å². The van der Waals surface area contributed by atoms with E-state index in [1.807, 2.05) is 52.0 Å². The van der Waals surface area contributed by atoms with Gasteiger partial charge in [0.05, 0.1) is 12.2 Å². The SMILES string of the molecule is Cc1ccc(OCCCC(=O)NOC(C)(C)C)cc1. The van der Waals surface area contributed by atoms with E-state index < -0.39 is 0 Å². The van der Waals surface area contributed by atoms with Gasteiger partial charge < -0.3 is 4.74 Å². The first-order valence-electron chi connectivity index (χ1n) is 6.53. The van der Waals surface area contributed by atoms with Crippen LogP contribution in [0.4, 0.5) is 0 Å². The van der Waals surface area contributed by atoms with Crippen molar-refractivity contribution >= 4 is 5.91 Å². The molecule has 4 heteroatoms. The Labute approximate surface area is 115 Å². The van der Waals surface area contributed by atoms with Crippen molar-refractivity contribution < 1.29 is 14.4 Å². The highest BCUT2D eigenvalue weighted by Crippen LogP contribution is 2.11. The minimum absolute atomic E-state index is 0.123. The third-order valence-corrected chi connectivity index (χ3v) is 2.31. The smallest absolute Gasteiger partial charge is 0.243 e. The van der Waals surface area contributed by atoms with Gasteiger partial charge in [-0.2, -0.15) is 0 Å². The van der Waals surface area contributed by atoms with Crippen molar-refractivity contribution in [3.8, 4) is 5.75 Å². The van der Waals surface area contributed by atoms with E-state index in [0.717, 1.165) is 5.75 Å². The lowest BCUT2D eigenvalue weighted by Crippen LogP contribution is -2.33. The van der Waals surface area contributed by atoms with Crippen LogP contribution in [0.1, 0.15) is 39.2 Å². The number of amides is 1. The number of hydrogen-bond acceptors (Lipinski definition) is 3. The molecule has 4 nitrogen and oxygen atoms in total. The maximum atomic E-state index is 11.5. The molecule has 0 heterocycles. The van der Waals surface area contributed by atoms with E-state index in [1.165, 1.54) is 5.56 Å². The van der Waals surface area contributed by atoms with E-state index in [0.29, 0.717) is 19.4 Å². The number of hydroxylamine groups is 1. The highest BCUT2D eigenvalue weighted by molar-refractivity contribution is 5.74. The van der Waals surface area contributed by atoms with E-state index in [-0.39, 0.29) is 11.5 Å². The molecule has 0 spiro atoms. The first-order chi connectivity index (χ1) is 8.87. The number of aryl methyl sites for hydroxylation is 1. The summed E-state index contributed by atoms with van der Waals surface area (Å²) >= 11 is 0. The lowest BCUT2D eigenvalue weighted by atomic mass is 10.2. The lowest BCUT2D eigenvalue weighted by Gasteiger charge is -2.18. The number of rotatable bonds is 6. The summed E-state index contributed by atoms with van der Waals surface area (Å²) in [6.07, 6.45) is 1.05. The fraction of sp³-hybridized carbons (Fsp3) is 0.533. The molecule has 0 aromatic heterocycles. The summed E-state index contributed by atoms with van der Waals surface area (Å²) in [7, 11) is 0. The zero-order chi connectivity index (χ0) is 14.3. The molecule has 0 saturated heterocycles. The average Bonchev–Trinajstić information content (AvgIpc) is 2.33. The second-order valence-corrected chi connectivity index (χ2v) is 5.50. The van der Waals surface area contributed by atoms with E-state index in [1.54, 1.807) is 0 Å². The number of ether oxygens (including phenoxy) is 1. The first-order valence-corrected chi connectivity index (χ1v) is 6.53. The summed E-state index contributed by atoms with van der Waals surface area (Å²) < 4.78 is 5.54. The van der Waals surface area contributed by atoms with Crippen molar-refractivity contribution in [1.29, 1.82) is 0 Å². The molecule has 0 aliphatic heterocycles. The zero-order valence-electron chi connectivity index (χ0n) is 12.2. The van der Waals surface area contributed by atoms with Crippen LogP contribution in [-0.2, 0) is 9.63 Å². The van der Waals surface area contributed by atoms with Gasteiger partial charge in [0.1, 0.15) is 5.75 Å². The summed E-state index contributed by atoms with van der Waals surface area (Å²) in [6.45, 7) is 8.20. The number of carbonyl (C=O) groups is 1. The van der Waals surface area contributed by atoms with Crippen LogP contribution in [0.5, 0.6) is 5.75 Å². The largest absolute Gasteiger partial charge is 0.494 e. The maximum Gasteiger partial charge on any atom is 0.243 e. The Hall–Kier alpha value is -1.55. The van der Waals surface area contributed by atoms with Crippen LogP contribution in [0, 0.1) is 6.92 Å². The van der Waals surface area contributed by atoms with Gasteiger partial charge in [-0.05, 0) is 46.2 Å².